The minimum atomic E-state index is -0.120. The lowest BCUT2D eigenvalue weighted by molar-refractivity contribution is -0.128. The molecule has 1 saturated heterocycles. The average molecular weight is 388 g/mol. The lowest BCUT2D eigenvalue weighted by Crippen LogP contribution is -2.44. The van der Waals surface area contributed by atoms with E-state index in [2.05, 4.69) is 5.32 Å². The molecule has 1 aromatic carbocycles. The summed E-state index contributed by atoms with van der Waals surface area (Å²) >= 11 is 0. The molecule has 8 nitrogen and oxygen atoms in total. The molecular weight excluding hydrogens is 360 g/mol. The maximum atomic E-state index is 12.3. The molecule has 0 radical (unpaired) electrons. The molecule has 1 unspecified atom stereocenters. The summed E-state index contributed by atoms with van der Waals surface area (Å²) in [6.45, 7) is 2.20. The minimum Gasteiger partial charge on any atom is -0.489 e. The molecule has 2 aliphatic rings. The van der Waals surface area contributed by atoms with E-state index in [1.54, 1.807) is 37.2 Å². The molecule has 28 heavy (non-hydrogen) atoms. The molecule has 3 rings (SSSR count). The molecule has 0 bridgehead atoms. The topological polar surface area (TPSA) is 82.2 Å². The van der Waals surface area contributed by atoms with Crippen LogP contribution in [0.1, 0.15) is 29.6 Å². The number of anilines is 1. The van der Waals surface area contributed by atoms with E-state index >= 15 is 0 Å². The van der Waals surface area contributed by atoms with Gasteiger partial charge in [0.05, 0.1) is 18.2 Å². The number of likely N-dealkylation sites (N-methyl/N-ethyl adjacent to an activating group) is 1. The average Bonchev–Trinajstić information content (AvgIpc) is 3.08. The summed E-state index contributed by atoms with van der Waals surface area (Å²) in [4.78, 5) is 41.5. The number of amides is 3. The van der Waals surface area contributed by atoms with Gasteiger partial charge in [-0.15, -0.1) is 0 Å². The van der Waals surface area contributed by atoms with Gasteiger partial charge < -0.3 is 24.8 Å². The fraction of sp³-hybridized carbons (Fsp3) is 0.550. The highest BCUT2D eigenvalue weighted by Gasteiger charge is 2.28. The summed E-state index contributed by atoms with van der Waals surface area (Å²) in [6, 6.07) is 5.24. The van der Waals surface area contributed by atoms with Crippen LogP contribution in [0.25, 0.3) is 0 Å². The molecule has 0 aromatic heterocycles. The number of rotatable bonds is 6. The van der Waals surface area contributed by atoms with Crippen molar-refractivity contribution in [3.05, 3.63) is 23.8 Å². The van der Waals surface area contributed by atoms with E-state index in [0.29, 0.717) is 37.4 Å². The number of benzene rings is 1. The van der Waals surface area contributed by atoms with Gasteiger partial charge >= 0.3 is 0 Å². The third kappa shape index (κ3) is 4.37. The third-order valence-corrected chi connectivity index (χ3v) is 5.27. The number of hydrogen-bond acceptors (Lipinski definition) is 5. The SMILES string of the molecule is CN(C)C(=O)c1ccc2c(c1)N(C)C(CC(=O)NCCN1CCCC1=O)CO2. The zero-order valence-corrected chi connectivity index (χ0v) is 16.7. The van der Waals surface area contributed by atoms with Gasteiger partial charge in [0.25, 0.3) is 5.91 Å². The quantitative estimate of drug-likeness (QED) is 0.776. The molecule has 3 amide bonds. The van der Waals surface area contributed by atoms with Crippen LogP contribution >= 0.6 is 0 Å². The molecule has 1 atom stereocenters. The van der Waals surface area contributed by atoms with Gasteiger partial charge in [0.15, 0.2) is 0 Å². The summed E-state index contributed by atoms with van der Waals surface area (Å²) in [5, 5.41) is 2.89. The third-order valence-electron chi connectivity index (χ3n) is 5.27. The van der Waals surface area contributed by atoms with E-state index in [0.717, 1.165) is 18.7 Å². The maximum Gasteiger partial charge on any atom is 0.253 e. The van der Waals surface area contributed by atoms with Crippen molar-refractivity contribution in [2.45, 2.75) is 25.3 Å². The summed E-state index contributed by atoms with van der Waals surface area (Å²) in [5.41, 5.74) is 1.39. The van der Waals surface area contributed by atoms with Gasteiger partial charge in [-0.2, -0.15) is 0 Å². The van der Waals surface area contributed by atoms with Crippen molar-refractivity contribution in [1.82, 2.24) is 15.1 Å². The van der Waals surface area contributed by atoms with Gasteiger partial charge in [-0.3, -0.25) is 14.4 Å². The van der Waals surface area contributed by atoms with E-state index < -0.39 is 0 Å². The first kappa shape index (κ1) is 20.0. The van der Waals surface area contributed by atoms with Crippen LogP contribution < -0.4 is 15.0 Å². The Hall–Kier alpha value is -2.77. The Balaban J connectivity index is 1.56. The second-order valence-electron chi connectivity index (χ2n) is 7.50. The fourth-order valence-corrected chi connectivity index (χ4v) is 3.55. The molecule has 0 spiro atoms. The Kier molecular flexibility index (Phi) is 6.06. The summed E-state index contributed by atoms with van der Waals surface area (Å²) in [6.07, 6.45) is 1.79. The van der Waals surface area contributed by atoms with Gasteiger partial charge in [-0.25, -0.2) is 0 Å². The molecule has 1 aromatic rings. The van der Waals surface area contributed by atoms with E-state index in [4.69, 9.17) is 4.74 Å². The number of fused-ring (bicyclic) bond motifs is 1. The zero-order chi connectivity index (χ0) is 20.3. The Morgan fingerprint density at radius 2 is 2.11 bits per heavy atom. The minimum absolute atomic E-state index is 0.0731. The Morgan fingerprint density at radius 1 is 1.32 bits per heavy atom. The van der Waals surface area contributed by atoms with Crippen molar-refractivity contribution in [3.8, 4) is 5.75 Å². The number of ether oxygens (including phenoxy) is 1. The standard InChI is InChI=1S/C20H28N4O4/c1-22(2)20(27)14-6-7-17-16(11-14)23(3)15(13-28-17)12-18(25)21-8-10-24-9-4-5-19(24)26/h6-7,11,15H,4-5,8-10,12-13H2,1-3H3,(H,21,25). The molecular formula is C20H28N4O4. The van der Waals surface area contributed by atoms with E-state index in [9.17, 15) is 14.4 Å². The van der Waals surface area contributed by atoms with Crippen LogP contribution in [-0.2, 0) is 9.59 Å². The van der Waals surface area contributed by atoms with Crippen molar-refractivity contribution in [1.29, 1.82) is 0 Å². The van der Waals surface area contributed by atoms with Crippen LogP contribution in [0.4, 0.5) is 5.69 Å². The molecule has 8 heteroatoms. The largest absolute Gasteiger partial charge is 0.489 e. The van der Waals surface area contributed by atoms with Crippen LogP contribution in [0.15, 0.2) is 18.2 Å². The number of hydrogen-bond donors (Lipinski definition) is 1. The lowest BCUT2D eigenvalue weighted by atomic mass is 10.1. The van der Waals surface area contributed by atoms with Gasteiger partial charge in [-0.1, -0.05) is 0 Å². The Morgan fingerprint density at radius 3 is 2.79 bits per heavy atom. The van der Waals surface area contributed by atoms with E-state index in [1.165, 1.54) is 4.90 Å². The van der Waals surface area contributed by atoms with Crippen molar-refractivity contribution in [3.63, 3.8) is 0 Å². The van der Waals surface area contributed by atoms with Gasteiger partial charge in [-0.05, 0) is 24.6 Å². The molecule has 2 heterocycles. The molecule has 0 saturated carbocycles. The van der Waals surface area contributed by atoms with Crippen LogP contribution in [0.2, 0.25) is 0 Å². The van der Waals surface area contributed by atoms with Crippen molar-refractivity contribution >= 4 is 23.4 Å². The van der Waals surface area contributed by atoms with E-state index in [-0.39, 0.29) is 30.2 Å². The van der Waals surface area contributed by atoms with Crippen LogP contribution in [0.5, 0.6) is 5.75 Å². The van der Waals surface area contributed by atoms with Gasteiger partial charge in [0.1, 0.15) is 12.4 Å². The van der Waals surface area contributed by atoms with Crippen molar-refractivity contribution < 1.29 is 19.1 Å². The zero-order valence-electron chi connectivity index (χ0n) is 16.7. The molecule has 1 N–H and O–H groups in total. The lowest BCUT2D eigenvalue weighted by Gasteiger charge is -2.36. The number of nitrogens with zero attached hydrogens (tertiary/aromatic N) is 3. The molecule has 0 aliphatic carbocycles. The highest BCUT2D eigenvalue weighted by Crippen LogP contribution is 2.34. The molecule has 152 valence electrons. The van der Waals surface area contributed by atoms with Crippen LogP contribution in [0.3, 0.4) is 0 Å². The predicted octanol–water partition coefficient (Wildman–Crippen LogP) is 0.714. The second-order valence-corrected chi connectivity index (χ2v) is 7.50. The summed E-state index contributed by atoms with van der Waals surface area (Å²) in [7, 11) is 5.34. The fourth-order valence-electron chi connectivity index (χ4n) is 3.55. The summed E-state index contributed by atoms with van der Waals surface area (Å²) in [5.74, 6) is 0.722. The smallest absolute Gasteiger partial charge is 0.253 e. The number of nitrogens with one attached hydrogen (secondary N) is 1. The predicted molar refractivity (Wildman–Crippen MR) is 106 cm³/mol. The second kappa shape index (κ2) is 8.50. The number of carbonyl (C=O) groups is 3. The van der Waals surface area contributed by atoms with Crippen molar-refractivity contribution in [2.75, 3.05) is 52.3 Å². The number of likely N-dealkylation sites (tertiary alicyclic amines) is 1. The molecule has 2 aliphatic heterocycles. The summed E-state index contributed by atoms with van der Waals surface area (Å²) < 4.78 is 5.80. The first-order chi connectivity index (χ1) is 13.4. The highest BCUT2D eigenvalue weighted by atomic mass is 16.5. The Labute approximate surface area is 165 Å². The van der Waals surface area contributed by atoms with Crippen LogP contribution in [-0.4, -0.2) is 80.9 Å². The highest BCUT2D eigenvalue weighted by molar-refractivity contribution is 5.95. The van der Waals surface area contributed by atoms with Gasteiger partial charge in [0.2, 0.25) is 11.8 Å². The molecule has 1 fully saturated rings. The monoisotopic (exact) mass is 388 g/mol. The maximum absolute atomic E-state index is 12.3. The Bertz CT molecular complexity index is 765. The first-order valence-electron chi connectivity index (χ1n) is 9.62. The first-order valence-corrected chi connectivity index (χ1v) is 9.62. The number of carbonyl (C=O) groups excluding carboxylic acids is 3. The van der Waals surface area contributed by atoms with Crippen molar-refractivity contribution in [2.24, 2.45) is 0 Å². The normalized spacial score (nSPS) is 18.5. The van der Waals surface area contributed by atoms with Gasteiger partial charge in [0, 0.05) is 52.8 Å². The van der Waals surface area contributed by atoms with E-state index in [1.807, 2.05) is 11.9 Å². The van der Waals surface area contributed by atoms with Crippen LogP contribution in [0, 0.1) is 0 Å².